The molecular weight excluding hydrogens is 432 g/mol. The second kappa shape index (κ2) is 10.7. The van der Waals surface area contributed by atoms with Crippen LogP contribution in [-0.4, -0.2) is 40.3 Å². The molecule has 3 aromatic rings. The molecule has 176 valence electrons. The Morgan fingerprint density at radius 3 is 2.50 bits per heavy atom. The maximum atomic E-state index is 13.0. The van der Waals surface area contributed by atoms with Crippen molar-refractivity contribution in [3.8, 4) is 11.3 Å². The Morgan fingerprint density at radius 2 is 1.85 bits per heavy atom. The highest BCUT2D eigenvalue weighted by molar-refractivity contribution is 6.07. The van der Waals surface area contributed by atoms with Gasteiger partial charge in [-0.05, 0) is 38.1 Å². The van der Waals surface area contributed by atoms with Gasteiger partial charge in [-0.15, -0.1) is 0 Å². The largest absolute Gasteiger partial charge is 0.398 e. The molecule has 0 saturated carbocycles. The van der Waals surface area contributed by atoms with Gasteiger partial charge >= 0.3 is 0 Å². The summed E-state index contributed by atoms with van der Waals surface area (Å²) in [4.78, 5) is 46.1. The molecule has 4 N–H and O–H groups in total. The van der Waals surface area contributed by atoms with Gasteiger partial charge in [0.25, 0.3) is 5.56 Å². The van der Waals surface area contributed by atoms with E-state index in [1.54, 1.807) is 19.9 Å². The molecule has 1 unspecified atom stereocenters. The van der Waals surface area contributed by atoms with Gasteiger partial charge in [-0.25, -0.2) is 4.98 Å². The fraction of sp³-hybridized carbons (Fsp3) is 0.240. The van der Waals surface area contributed by atoms with Crippen molar-refractivity contribution in [2.75, 3.05) is 14.1 Å². The SMILES string of the molecule is CNCc1ccc(/C(N)=C/C(=O)c2nc(-c3ccc(=O)n(C(C)C(=O)NC)c3)cnc2C)cc1. The molecular formula is C25H28N6O3. The second-order valence-corrected chi connectivity index (χ2v) is 7.83. The van der Waals surface area contributed by atoms with Crippen LogP contribution in [0, 0.1) is 6.92 Å². The van der Waals surface area contributed by atoms with Crippen LogP contribution in [-0.2, 0) is 11.3 Å². The molecule has 1 atom stereocenters. The number of nitrogens with zero attached hydrogens (tertiary/aromatic N) is 3. The van der Waals surface area contributed by atoms with Crippen molar-refractivity contribution in [3.63, 3.8) is 0 Å². The monoisotopic (exact) mass is 460 g/mol. The lowest BCUT2D eigenvalue weighted by atomic mass is 10.1. The van der Waals surface area contributed by atoms with Gasteiger partial charge in [0, 0.05) is 43.2 Å². The highest BCUT2D eigenvalue weighted by atomic mass is 16.2. The topological polar surface area (TPSA) is 132 Å². The van der Waals surface area contributed by atoms with Crippen LogP contribution in [0.3, 0.4) is 0 Å². The minimum Gasteiger partial charge on any atom is -0.398 e. The van der Waals surface area contributed by atoms with E-state index in [4.69, 9.17) is 5.73 Å². The van der Waals surface area contributed by atoms with Crippen molar-refractivity contribution in [1.29, 1.82) is 0 Å². The van der Waals surface area contributed by atoms with Crippen LogP contribution in [0.4, 0.5) is 0 Å². The first-order valence-electron chi connectivity index (χ1n) is 10.8. The third-order valence-electron chi connectivity index (χ3n) is 5.42. The molecule has 0 spiro atoms. The second-order valence-electron chi connectivity index (χ2n) is 7.83. The number of rotatable bonds is 8. The van der Waals surface area contributed by atoms with E-state index in [0.717, 1.165) is 17.7 Å². The molecule has 0 saturated heterocycles. The molecule has 2 heterocycles. The standard InChI is InChI=1S/C25H28N6O3/c1-15-24(22(32)11-20(26)18-7-5-17(6-8-18)12-27-3)30-21(13-29-15)19-9-10-23(33)31(14-19)16(2)25(34)28-4/h5-11,13-14,16,27H,12,26H2,1-4H3,(H,28,34)/b20-11-. The van der Waals surface area contributed by atoms with Gasteiger partial charge < -0.3 is 20.9 Å². The predicted molar refractivity (Wildman–Crippen MR) is 131 cm³/mol. The quantitative estimate of drug-likeness (QED) is 0.345. The van der Waals surface area contributed by atoms with Crippen LogP contribution < -0.4 is 21.9 Å². The number of hydrogen-bond donors (Lipinski definition) is 3. The molecule has 9 heteroatoms. The van der Waals surface area contributed by atoms with Crippen LogP contribution in [0.1, 0.15) is 40.3 Å². The van der Waals surface area contributed by atoms with Crippen LogP contribution in [0.25, 0.3) is 17.0 Å². The maximum absolute atomic E-state index is 13.0. The third-order valence-corrected chi connectivity index (χ3v) is 5.42. The number of likely N-dealkylation sites (N-methyl/N-ethyl adjacent to an activating group) is 1. The normalized spacial score (nSPS) is 12.3. The number of ketones is 1. The van der Waals surface area contributed by atoms with E-state index in [1.807, 2.05) is 31.3 Å². The van der Waals surface area contributed by atoms with Crippen molar-refractivity contribution in [1.82, 2.24) is 25.2 Å². The first-order valence-corrected chi connectivity index (χ1v) is 10.8. The van der Waals surface area contributed by atoms with E-state index in [0.29, 0.717) is 22.6 Å². The van der Waals surface area contributed by atoms with Gasteiger partial charge in [-0.2, -0.15) is 0 Å². The Hall–Kier alpha value is -4.11. The van der Waals surface area contributed by atoms with Gasteiger partial charge in [0.15, 0.2) is 0 Å². The Bertz CT molecular complexity index is 1290. The zero-order valence-corrected chi connectivity index (χ0v) is 19.6. The molecule has 0 aliphatic carbocycles. The number of aryl methyl sites for hydroxylation is 1. The lowest BCUT2D eigenvalue weighted by Gasteiger charge is -2.15. The summed E-state index contributed by atoms with van der Waals surface area (Å²) in [6.07, 6.45) is 4.39. The van der Waals surface area contributed by atoms with Gasteiger partial charge in [0.05, 0.1) is 17.6 Å². The molecule has 0 aliphatic rings. The lowest BCUT2D eigenvalue weighted by Crippen LogP contribution is -2.33. The number of nitrogens with two attached hydrogens (primary N) is 1. The predicted octanol–water partition coefficient (Wildman–Crippen LogP) is 1.82. The number of amides is 1. The molecule has 0 fully saturated rings. The number of benzene rings is 1. The van der Waals surface area contributed by atoms with E-state index >= 15 is 0 Å². The summed E-state index contributed by atoms with van der Waals surface area (Å²) in [5, 5.41) is 5.61. The van der Waals surface area contributed by atoms with Gasteiger partial charge in [0.2, 0.25) is 11.7 Å². The summed E-state index contributed by atoms with van der Waals surface area (Å²) in [6, 6.07) is 9.83. The lowest BCUT2D eigenvalue weighted by molar-refractivity contribution is -0.123. The van der Waals surface area contributed by atoms with E-state index in [2.05, 4.69) is 20.6 Å². The highest BCUT2D eigenvalue weighted by Gasteiger charge is 2.17. The zero-order valence-electron chi connectivity index (χ0n) is 19.6. The number of aromatic nitrogens is 3. The number of hydrogen-bond acceptors (Lipinski definition) is 7. The van der Waals surface area contributed by atoms with Crippen molar-refractivity contribution < 1.29 is 9.59 Å². The Labute approximate surface area is 197 Å². The third kappa shape index (κ3) is 5.44. The average molecular weight is 461 g/mol. The highest BCUT2D eigenvalue weighted by Crippen LogP contribution is 2.19. The van der Waals surface area contributed by atoms with Gasteiger partial charge in [-0.3, -0.25) is 19.4 Å². The van der Waals surface area contributed by atoms with Crippen molar-refractivity contribution >= 4 is 17.4 Å². The summed E-state index contributed by atoms with van der Waals surface area (Å²) in [7, 11) is 3.38. The van der Waals surface area contributed by atoms with E-state index in [-0.39, 0.29) is 22.9 Å². The number of pyridine rings is 1. The van der Waals surface area contributed by atoms with Crippen molar-refractivity contribution in [2.45, 2.75) is 26.4 Å². The number of allylic oxidation sites excluding steroid dienone is 1. The maximum Gasteiger partial charge on any atom is 0.251 e. The Balaban J connectivity index is 1.93. The molecule has 0 bridgehead atoms. The molecule has 2 aromatic heterocycles. The van der Waals surface area contributed by atoms with Crippen LogP contribution in [0.15, 0.2) is 59.7 Å². The fourth-order valence-electron chi connectivity index (χ4n) is 3.43. The number of nitrogens with one attached hydrogen (secondary N) is 2. The molecule has 3 rings (SSSR count). The first-order chi connectivity index (χ1) is 16.2. The minimum atomic E-state index is -0.709. The van der Waals surface area contributed by atoms with Crippen molar-refractivity contribution in [2.24, 2.45) is 5.73 Å². The van der Waals surface area contributed by atoms with Gasteiger partial charge in [-0.1, -0.05) is 24.3 Å². The Morgan fingerprint density at radius 1 is 1.15 bits per heavy atom. The molecule has 0 radical (unpaired) electrons. The van der Waals surface area contributed by atoms with E-state index < -0.39 is 6.04 Å². The van der Waals surface area contributed by atoms with Crippen LogP contribution in [0.5, 0.6) is 0 Å². The minimum absolute atomic E-state index is 0.157. The first kappa shape index (κ1) is 24.5. The molecule has 1 aromatic carbocycles. The Kier molecular flexibility index (Phi) is 7.70. The number of carbonyl (C=O) groups excluding carboxylic acids is 2. The van der Waals surface area contributed by atoms with E-state index in [1.165, 1.54) is 36.2 Å². The zero-order chi connectivity index (χ0) is 24.8. The van der Waals surface area contributed by atoms with Crippen LogP contribution >= 0.6 is 0 Å². The molecule has 0 aliphatic heterocycles. The average Bonchev–Trinajstić information content (AvgIpc) is 2.84. The summed E-state index contributed by atoms with van der Waals surface area (Å²) < 4.78 is 1.31. The number of carbonyl (C=O) groups is 2. The van der Waals surface area contributed by atoms with E-state index in [9.17, 15) is 14.4 Å². The fourth-order valence-corrected chi connectivity index (χ4v) is 3.43. The summed E-state index contributed by atoms with van der Waals surface area (Å²) in [5.74, 6) is -0.680. The molecule has 34 heavy (non-hydrogen) atoms. The smallest absolute Gasteiger partial charge is 0.251 e. The van der Waals surface area contributed by atoms with Crippen LogP contribution in [0.2, 0.25) is 0 Å². The molecule has 9 nitrogen and oxygen atoms in total. The van der Waals surface area contributed by atoms with Gasteiger partial charge in [0.1, 0.15) is 11.7 Å². The summed E-state index contributed by atoms with van der Waals surface area (Å²) in [6.45, 7) is 4.05. The molecule has 1 amide bonds. The van der Waals surface area contributed by atoms with Crippen molar-refractivity contribution in [3.05, 3.63) is 87.7 Å². The summed E-state index contributed by atoms with van der Waals surface area (Å²) in [5.41, 5.74) is 9.55. The summed E-state index contributed by atoms with van der Waals surface area (Å²) >= 11 is 0.